The Kier molecular flexibility index (Phi) is 3.80. The van der Waals surface area contributed by atoms with Gasteiger partial charge in [-0.1, -0.05) is 0 Å². The molecular formula is C12H22F2N2. The molecule has 94 valence electrons. The Balaban J connectivity index is 1.94. The summed E-state index contributed by atoms with van der Waals surface area (Å²) in [5.41, 5.74) is 0. The molecule has 1 N–H and O–H groups in total. The number of piperidine rings is 2. The monoisotopic (exact) mass is 232 g/mol. The van der Waals surface area contributed by atoms with Crippen LogP contribution in [0.3, 0.4) is 0 Å². The van der Waals surface area contributed by atoms with Crippen molar-refractivity contribution >= 4 is 0 Å². The van der Waals surface area contributed by atoms with Gasteiger partial charge in [0.05, 0.1) is 0 Å². The van der Waals surface area contributed by atoms with Crippen LogP contribution in [0.2, 0.25) is 0 Å². The van der Waals surface area contributed by atoms with Crippen LogP contribution in [0, 0.1) is 11.8 Å². The standard InChI is InChI=1S/C12H22F2N2/c1-16-7-4-10(5-8-16)12(13,14)11-3-2-6-15-9-11/h10-11,15H,2-9H2,1H3. The Labute approximate surface area is 96.4 Å². The fourth-order valence-corrected chi connectivity index (χ4v) is 2.91. The van der Waals surface area contributed by atoms with Crippen LogP contribution in [-0.2, 0) is 0 Å². The minimum atomic E-state index is -2.46. The van der Waals surface area contributed by atoms with Crippen LogP contribution in [0.4, 0.5) is 8.78 Å². The molecule has 16 heavy (non-hydrogen) atoms. The quantitative estimate of drug-likeness (QED) is 0.783. The molecule has 2 aliphatic rings. The van der Waals surface area contributed by atoms with E-state index in [-0.39, 0.29) is 0 Å². The Morgan fingerprint density at radius 1 is 1.12 bits per heavy atom. The van der Waals surface area contributed by atoms with E-state index in [9.17, 15) is 8.78 Å². The van der Waals surface area contributed by atoms with E-state index in [2.05, 4.69) is 10.2 Å². The molecule has 2 fully saturated rings. The predicted molar refractivity (Wildman–Crippen MR) is 60.8 cm³/mol. The minimum Gasteiger partial charge on any atom is -0.316 e. The van der Waals surface area contributed by atoms with Crippen molar-refractivity contribution in [2.45, 2.75) is 31.6 Å². The maximum atomic E-state index is 14.3. The highest BCUT2D eigenvalue weighted by Gasteiger charge is 2.47. The highest BCUT2D eigenvalue weighted by Crippen LogP contribution is 2.41. The molecule has 0 saturated carbocycles. The molecule has 2 heterocycles. The first-order valence-electron chi connectivity index (χ1n) is 6.38. The van der Waals surface area contributed by atoms with Gasteiger partial charge in [0.25, 0.3) is 5.92 Å². The zero-order valence-electron chi connectivity index (χ0n) is 10.0. The summed E-state index contributed by atoms with van der Waals surface area (Å²) in [5.74, 6) is -3.29. The number of likely N-dealkylation sites (tertiary alicyclic amines) is 1. The Morgan fingerprint density at radius 2 is 1.81 bits per heavy atom. The van der Waals surface area contributed by atoms with Gasteiger partial charge < -0.3 is 10.2 Å². The maximum absolute atomic E-state index is 14.3. The number of nitrogens with one attached hydrogen (secondary N) is 1. The van der Waals surface area contributed by atoms with Gasteiger partial charge in [-0.3, -0.25) is 0 Å². The van der Waals surface area contributed by atoms with E-state index >= 15 is 0 Å². The highest BCUT2D eigenvalue weighted by molar-refractivity contribution is 4.89. The molecule has 2 aliphatic heterocycles. The van der Waals surface area contributed by atoms with E-state index in [1.807, 2.05) is 7.05 Å². The topological polar surface area (TPSA) is 15.3 Å². The van der Waals surface area contributed by atoms with Crippen molar-refractivity contribution in [3.63, 3.8) is 0 Å². The summed E-state index contributed by atoms with van der Waals surface area (Å²) in [5, 5.41) is 3.10. The third kappa shape index (κ3) is 2.54. The van der Waals surface area contributed by atoms with Gasteiger partial charge in [-0.15, -0.1) is 0 Å². The molecule has 2 rings (SSSR count). The maximum Gasteiger partial charge on any atom is 0.254 e. The highest BCUT2D eigenvalue weighted by atomic mass is 19.3. The number of alkyl halides is 2. The van der Waals surface area contributed by atoms with Crippen LogP contribution in [0.15, 0.2) is 0 Å². The second-order valence-corrected chi connectivity index (χ2v) is 5.30. The van der Waals surface area contributed by atoms with Crippen LogP contribution in [0.1, 0.15) is 25.7 Å². The smallest absolute Gasteiger partial charge is 0.254 e. The first-order chi connectivity index (χ1) is 7.60. The van der Waals surface area contributed by atoms with Gasteiger partial charge in [-0.05, 0) is 52.4 Å². The van der Waals surface area contributed by atoms with Crippen LogP contribution >= 0.6 is 0 Å². The van der Waals surface area contributed by atoms with Gasteiger partial charge in [0.1, 0.15) is 0 Å². The van der Waals surface area contributed by atoms with E-state index < -0.39 is 17.8 Å². The van der Waals surface area contributed by atoms with Gasteiger partial charge in [-0.2, -0.15) is 0 Å². The lowest BCUT2D eigenvalue weighted by Gasteiger charge is -2.39. The molecule has 0 radical (unpaired) electrons. The predicted octanol–water partition coefficient (Wildman–Crippen LogP) is 1.96. The Morgan fingerprint density at radius 3 is 2.38 bits per heavy atom. The molecule has 0 aliphatic carbocycles. The van der Waals surface area contributed by atoms with Crippen LogP contribution in [0.25, 0.3) is 0 Å². The zero-order valence-corrected chi connectivity index (χ0v) is 10.0. The van der Waals surface area contributed by atoms with E-state index in [0.29, 0.717) is 25.8 Å². The third-order valence-electron chi connectivity index (χ3n) is 4.10. The lowest BCUT2D eigenvalue weighted by Crippen LogP contribution is -2.48. The van der Waals surface area contributed by atoms with Crippen molar-refractivity contribution in [3.8, 4) is 0 Å². The van der Waals surface area contributed by atoms with Gasteiger partial charge in [0, 0.05) is 18.4 Å². The second kappa shape index (κ2) is 4.96. The summed E-state index contributed by atoms with van der Waals surface area (Å²) in [7, 11) is 2.01. The largest absolute Gasteiger partial charge is 0.316 e. The van der Waals surface area contributed by atoms with Gasteiger partial charge in [0.2, 0.25) is 0 Å². The van der Waals surface area contributed by atoms with E-state index in [4.69, 9.17) is 0 Å². The number of hydrogen-bond donors (Lipinski definition) is 1. The summed E-state index contributed by atoms with van der Waals surface area (Å²) in [4.78, 5) is 2.14. The molecule has 0 spiro atoms. The Hall–Kier alpha value is -0.220. The molecular weight excluding hydrogens is 210 g/mol. The Bertz CT molecular complexity index is 219. The van der Waals surface area contributed by atoms with Crippen molar-refractivity contribution in [2.75, 3.05) is 33.2 Å². The summed E-state index contributed by atoms with van der Waals surface area (Å²) in [6.45, 7) is 3.04. The van der Waals surface area contributed by atoms with E-state index in [1.165, 1.54) is 0 Å². The molecule has 1 atom stereocenters. The number of nitrogens with zero attached hydrogens (tertiary/aromatic N) is 1. The minimum absolute atomic E-state index is 0.395. The van der Waals surface area contributed by atoms with Crippen molar-refractivity contribution < 1.29 is 8.78 Å². The van der Waals surface area contributed by atoms with E-state index in [1.54, 1.807) is 0 Å². The van der Waals surface area contributed by atoms with Crippen LogP contribution in [0.5, 0.6) is 0 Å². The SMILES string of the molecule is CN1CCC(C(F)(F)C2CCCNC2)CC1. The van der Waals surface area contributed by atoms with Gasteiger partial charge in [0.15, 0.2) is 0 Å². The first-order valence-corrected chi connectivity index (χ1v) is 6.38. The van der Waals surface area contributed by atoms with Gasteiger partial charge in [-0.25, -0.2) is 8.78 Å². The number of hydrogen-bond acceptors (Lipinski definition) is 2. The molecule has 4 heteroatoms. The summed E-state index contributed by atoms with van der Waals surface area (Å²) >= 11 is 0. The molecule has 2 nitrogen and oxygen atoms in total. The average Bonchev–Trinajstić information content (AvgIpc) is 2.31. The molecule has 0 aromatic carbocycles. The van der Waals surface area contributed by atoms with Gasteiger partial charge >= 0.3 is 0 Å². The fourth-order valence-electron chi connectivity index (χ4n) is 2.91. The van der Waals surface area contributed by atoms with Crippen molar-refractivity contribution in [2.24, 2.45) is 11.8 Å². The van der Waals surface area contributed by atoms with Crippen LogP contribution < -0.4 is 5.32 Å². The summed E-state index contributed by atoms with van der Waals surface area (Å²) in [6.07, 6.45) is 2.89. The zero-order chi connectivity index (χ0) is 11.6. The molecule has 0 bridgehead atoms. The summed E-state index contributed by atoms with van der Waals surface area (Å²) < 4.78 is 28.5. The normalized spacial score (nSPS) is 30.6. The third-order valence-corrected chi connectivity index (χ3v) is 4.10. The van der Waals surface area contributed by atoms with Crippen molar-refractivity contribution in [1.29, 1.82) is 0 Å². The van der Waals surface area contributed by atoms with Crippen molar-refractivity contribution in [3.05, 3.63) is 0 Å². The number of rotatable bonds is 2. The molecule has 0 amide bonds. The first kappa shape index (κ1) is 12.2. The molecule has 0 aromatic rings. The molecule has 2 saturated heterocycles. The lowest BCUT2D eigenvalue weighted by molar-refractivity contribution is -0.127. The number of halogens is 2. The molecule has 1 unspecified atom stereocenters. The fraction of sp³-hybridized carbons (Fsp3) is 1.00. The van der Waals surface area contributed by atoms with Crippen molar-refractivity contribution in [1.82, 2.24) is 10.2 Å². The van der Waals surface area contributed by atoms with E-state index in [0.717, 1.165) is 26.1 Å². The average molecular weight is 232 g/mol. The van der Waals surface area contributed by atoms with Crippen LogP contribution in [-0.4, -0.2) is 44.0 Å². The summed E-state index contributed by atoms with van der Waals surface area (Å²) in [6, 6.07) is 0. The second-order valence-electron chi connectivity index (χ2n) is 5.30. The molecule has 0 aromatic heterocycles. The lowest BCUT2D eigenvalue weighted by atomic mass is 9.80.